The average molecular weight is 238 g/mol. The molecule has 0 radical (unpaired) electrons. The first-order chi connectivity index (χ1) is 6.51. The third-order valence-electron chi connectivity index (χ3n) is 4.42. The number of carbonyl (C=O) groups excluding carboxylic acids is 2. The van der Waals surface area contributed by atoms with Crippen LogP contribution < -0.4 is 0 Å². The Morgan fingerprint density at radius 2 is 1.47 bits per heavy atom. The van der Waals surface area contributed by atoms with Gasteiger partial charge in [-0.3, -0.25) is 9.59 Å². The molecule has 0 aliphatic carbocycles. The summed E-state index contributed by atoms with van der Waals surface area (Å²) in [7, 11) is 0. The number of fused-ring (bicyclic) bond motifs is 5. The van der Waals surface area contributed by atoms with E-state index in [1.54, 1.807) is 13.8 Å². The second-order valence-electron chi connectivity index (χ2n) is 4.77. The monoisotopic (exact) mass is 238 g/mol. The summed E-state index contributed by atoms with van der Waals surface area (Å²) < 4.78 is 10.4. The molecule has 0 N–H and O–H groups in total. The van der Waals surface area contributed by atoms with Gasteiger partial charge in [-0.2, -0.15) is 0 Å². The van der Waals surface area contributed by atoms with Crippen molar-refractivity contribution < 1.29 is 19.1 Å². The van der Waals surface area contributed by atoms with E-state index >= 15 is 0 Å². The molecule has 3 heterocycles. The minimum atomic E-state index is -0.743. The Morgan fingerprint density at radius 3 is 1.87 bits per heavy atom. The fraction of sp³-hybridized carbons (Fsp3) is 0.800. The SMILES string of the molecule is C[C@@]12C(=O)OC(=O)[C@]1(C)[C@H]1CC[C@@H]2O1.[CaH2]. The molecule has 0 unspecified atom stereocenters. The predicted molar refractivity (Wildman–Crippen MR) is 53.8 cm³/mol. The summed E-state index contributed by atoms with van der Waals surface area (Å²) in [6, 6.07) is 0. The van der Waals surface area contributed by atoms with E-state index in [1.165, 1.54) is 0 Å². The second-order valence-corrected chi connectivity index (χ2v) is 4.77. The Hall–Kier alpha value is 0.360. The van der Waals surface area contributed by atoms with Crippen molar-refractivity contribution in [3.05, 3.63) is 0 Å². The van der Waals surface area contributed by atoms with E-state index in [4.69, 9.17) is 9.47 Å². The summed E-state index contributed by atoms with van der Waals surface area (Å²) in [5.74, 6) is -0.811. The van der Waals surface area contributed by atoms with Crippen molar-refractivity contribution in [1.82, 2.24) is 0 Å². The van der Waals surface area contributed by atoms with E-state index in [0.29, 0.717) is 0 Å². The topological polar surface area (TPSA) is 52.6 Å². The van der Waals surface area contributed by atoms with Crippen LogP contribution in [0, 0.1) is 10.8 Å². The van der Waals surface area contributed by atoms with Gasteiger partial charge in [0.2, 0.25) is 0 Å². The van der Waals surface area contributed by atoms with Crippen LogP contribution in [0.4, 0.5) is 0 Å². The van der Waals surface area contributed by atoms with Crippen molar-refractivity contribution in [3.8, 4) is 0 Å². The Morgan fingerprint density at radius 1 is 1.07 bits per heavy atom. The van der Waals surface area contributed by atoms with E-state index in [2.05, 4.69) is 0 Å². The number of ether oxygens (including phenoxy) is 2. The van der Waals surface area contributed by atoms with Crippen LogP contribution in [0.5, 0.6) is 0 Å². The first-order valence-electron chi connectivity index (χ1n) is 4.93. The third kappa shape index (κ3) is 1.02. The fourth-order valence-corrected chi connectivity index (χ4v) is 3.14. The molecule has 0 spiro atoms. The van der Waals surface area contributed by atoms with Crippen LogP contribution in [-0.4, -0.2) is 61.9 Å². The van der Waals surface area contributed by atoms with E-state index in [1.807, 2.05) is 0 Å². The second kappa shape index (κ2) is 3.19. The van der Waals surface area contributed by atoms with Gasteiger partial charge in [0.25, 0.3) is 0 Å². The summed E-state index contributed by atoms with van der Waals surface area (Å²) >= 11 is 0. The maximum atomic E-state index is 11.7. The molecule has 3 rings (SSSR count). The van der Waals surface area contributed by atoms with Crippen molar-refractivity contribution in [3.63, 3.8) is 0 Å². The molecule has 0 amide bonds. The Kier molecular flexibility index (Phi) is 2.51. The standard InChI is InChI=1S/C10H12O4.Ca.2H/c1-9-5-3-4-6(13-5)10(9,2)8(12)14-7(9)11;;;/h5-6H,3-4H2,1-2H3;;;/t5-,6+,9+,10-;;;. The van der Waals surface area contributed by atoms with E-state index in [9.17, 15) is 9.59 Å². The summed E-state index contributed by atoms with van der Waals surface area (Å²) in [5, 5.41) is 0. The van der Waals surface area contributed by atoms with Gasteiger partial charge in [-0.15, -0.1) is 0 Å². The number of carbonyl (C=O) groups is 2. The van der Waals surface area contributed by atoms with Crippen molar-refractivity contribution in [2.45, 2.75) is 38.9 Å². The molecule has 3 saturated heterocycles. The molecule has 2 bridgehead atoms. The molecule has 4 atom stereocenters. The molecule has 0 saturated carbocycles. The zero-order chi connectivity index (χ0) is 10.1. The normalized spacial score (nSPS) is 51.3. The maximum absolute atomic E-state index is 11.7. The molecule has 4 nitrogen and oxygen atoms in total. The van der Waals surface area contributed by atoms with Gasteiger partial charge in [0, 0.05) is 0 Å². The van der Waals surface area contributed by atoms with Gasteiger partial charge in [-0.05, 0) is 26.7 Å². The van der Waals surface area contributed by atoms with Gasteiger partial charge in [-0.1, -0.05) is 0 Å². The van der Waals surface area contributed by atoms with Gasteiger partial charge >= 0.3 is 49.7 Å². The van der Waals surface area contributed by atoms with Crippen molar-refractivity contribution >= 4 is 49.7 Å². The zero-order valence-electron chi connectivity index (χ0n) is 8.20. The summed E-state index contributed by atoms with van der Waals surface area (Å²) in [5.41, 5.74) is -1.49. The molecule has 0 aromatic rings. The quantitative estimate of drug-likeness (QED) is 0.331. The van der Waals surface area contributed by atoms with Crippen LogP contribution >= 0.6 is 0 Å². The van der Waals surface area contributed by atoms with E-state index in [0.717, 1.165) is 12.8 Å². The van der Waals surface area contributed by atoms with Crippen molar-refractivity contribution in [1.29, 1.82) is 0 Å². The van der Waals surface area contributed by atoms with Gasteiger partial charge in [0.1, 0.15) is 10.8 Å². The molecular weight excluding hydrogens is 224 g/mol. The molecule has 3 fully saturated rings. The molecule has 0 aromatic carbocycles. The van der Waals surface area contributed by atoms with Crippen LogP contribution in [0.1, 0.15) is 26.7 Å². The van der Waals surface area contributed by atoms with Gasteiger partial charge in [0.05, 0.1) is 12.2 Å². The van der Waals surface area contributed by atoms with Crippen molar-refractivity contribution in [2.75, 3.05) is 0 Å². The molecule has 0 aromatic heterocycles. The average Bonchev–Trinajstić information content (AvgIpc) is 2.73. The van der Waals surface area contributed by atoms with Crippen LogP contribution in [0.2, 0.25) is 0 Å². The summed E-state index contributed by atoms with van der Waals surface area (Å²) in [6.07, 6.45) is 1.46. The number of rotatable bonds is 0. The number of cyclic esters (lactones) is 2. The van der Waals surface area contributed by atoms with Crippen LogP contribution in [0.25, 0.3) is 0 Å². The first kappa shape index (κ1) is 11.8. The first-order valence-corrected chi connectivity index (χ1v) is 4.93. The van der Waals surface area contributed by atoms with E-state index in [-0.39, 0.29) is 49.9 Å². The molecular formula is C10H14CaO4. The van der Waals surface area contributed by atoms with Crippen LogP contribution in [0.3, 0.4) is 0 Å². The summed E-state index contributed by atoms with van der Waals surface area (Å²) in [6.45, 7) is 3.59. The van der Waals surface area contributed by atoms with Gasteiger partial charge in [0.15, 0.2) is 0 Å². The molecule has 15 heavy (non-hydrogen) atoms. The van der Waals surface area contributed by atoms with Crippen molar-refractivity contribution in [2.24, 2.45) is 10.8 Å². The van der Waals surface area contributed by atoms with Gasteiger partial charge in [-0.25, -0.2) is 0 Å². The third-order valence-corrected chi connectivity index (χ3v) is 4.42. The zero-order valence-corrected chi connectivity index (χ0v) is 8.20. The Bertz CT molecular complexity index is 323. The number of hydrogen-bond donors (Lipinski definition) is 0. The Balaban J connectivity index is 0.000000853. The predicted octanol–water partition coefficient (Wildman–Crippen LogP) is -0.273. The minimum absolute atomic E-state index is 0. The van der Waals surface area contributed by atoms with Crippen LogP contribution in [-0.2, 0) is 19.1 Å². The molecule has 3 aliphatic rings. The van der Waals surface area contributed by atoms with Gasteiger partial charge < -0.3 is 9.47 Å². The molecule has 3 aliphatic heterocycles. The number of esters is 2. The van der Waals surface area contributed by atoms with Crippen LogP contribution in [0.15, 0.2) is 0 Å². The van der Waals surface area contributed by atoms with E-state index < -0.39 is 22.8 Å². The molecule has 5 heteroatoms. The summed E-state index contributed by atoms with van der Waals surface area (Å²) in [4.78, 5) is 23.3. The fourth-order valence-electron chi connectivity index (χ4n) is 3.14. The number of hydrogen-bond acceptors (Lipinski definition) is 4. The Labute approximate surface area is 118 Å². The molecule has 80 valence electrons.